The molecule has 2 rings (SSSR count). The third-order valence-electron chi connectivity index (χ3n) is 3.05. The van der Waals surface area contributed by atoms with Crippen molar-refractivity contribution in [1.29, 1.82) is 0 Å². The fraction of sp³-hybridized carbons (Fsp3) is 0.889. The summed E-state index contributed by atoms with van der Waals surface area (Å²) in [4.78, 5) is 10.9. The number of aliphatic hydroxyl groups excluding tert-OH is 1. The summed E-state index contributed by atoms with van der Waals surface area (Å²) in [5.41, 5.74) is -0.894. The molecule has 0 unspecified atom stereocenters. The number of hydrogen-bond acceptors (Lipinski definition) is 3. The molecule has 0 aromatic heterocycles. The number of aliphatic hydroxyl groups is 1. The van der Waals surface area contributed by atoms with Crippen molar-refractivity contribution < 1.29 is 19.0 Å². The summed E-state index contributed by atoms with van der Waals surface area (Å²) in [5, 5.41) is 9.52. The highest BCUT2D eigenvalue weighted by Crippen LogP contribution is 2.41. The smallest absolute Gasteiger partial charge is 0.344 e. The molecule has 1 saturated carbocycles. The molecule has 0 bridgehead atoms. The van der Waals surface area contributed by atoms with Crippen LogP contribution in [0.3, 0.4) is 0 Å². The Morgan fingerprint density at radius 2 is 2.00 bits per heavy atom. The SMILES string of the molecule is O=C1OC2(CCCCC2)[C@H](O)[C@H]1F. The monoisotopic (exact) mass is 188 g/mol. The van der Waals surface area contributed by atoms with Gasteiger partial charge in [0.05, 0.1) is 0 Å². The molecule has 0 aromatic rings. The Morgan fingerprint density at radius 3 is 2.46 bits per heavy atom. The lowest BCUT2D eigenvalue weighted by Gasteiger charge is -2.33. The zero-order valence-corrected chi connectivity index (χ0v) is 7.33. The van der Waals surface area contributed by atoms with Gasteiger partial charge in [0.2, 0.25) is 6.17 Å². The van der Waals surface area contributed by atoms with Crippen LogP contribution in [0.15, 0.2) is 0 Å². The largest absolute Gasteiger partial charge is 0.454 e. The van der Waals surface area contributed by atoms with Crippen molar-refractivity contribution in [3.05, 3.63) is 0 Å². The van der Waals surface area contributed by atoms with Gasteiger partial charge in [-0.2, -0.15) is 0 Å². The first-order chi connectivity index (χ1) is 6.16. The van der Waals surface area contributed by atoms with Crippen LogP contribution >= 0.6 is 0 Å². The Bertz CT molecular complexity index is 223. The second-order valence-corrected chi connectivity index (χ2v) is 3.89. The lowest BCUT2D eigenvalue weighted by Crippen LogP contribution is -2.43. The average molecular weight is 188 g/mol. The molecule has 1 aliphatic carbocycles. The van der Waals surface area contributed by atoms with Crippen molar-refractivity contribution in [3.63, 3.8) is 0 Å². The third kappa shape index (κ3) is 1.24. The van der Waals surface area contributed by atoms with Crippen LogP contribution < -0.4 is 0 Å². The maximum atomic E-state index is 13.0. The zero-order chi connectivity index (χ0) is 9.47. The van der Waals surface area contributed by atoms with Crippen LogP contribution in [-0.4, -0.2) is 29.0 Å². The van der Waals surface area contributed by atoms with E-state index in [1.165, 1.54) is 0 Å². The summed E-state index contributed by atoms with van der Waals surface area (Å²) < 4.78 is 18.0. The van der Waals surface area contributed by atoms with Crippen LogP contribution in [0.2, 0.25) is 0 Å². The highest BCUT2D eigenvalue weighted by atomic mass is 19.1. The number of alkyl halides is 1. The third-order valence-corrected chi connectivity index (χ3v) is 3.05. The number of carbonyl (C=O) groups is 1. The van der Waals surface area contributed by atoms with Crippen LogP contribution in [-0.2, 0) is 9.53 Å². The van der Waals surface area contributed by atoms with Crippen molar-refractivity contribution in [3.8, 4) is 0 Å². The molecule has 2 aliphatic rings. The lowest BCUT2D eigenvalue weighted by atomic mass is 9.81. The quantitative estimate of drug-likeness (QED) is 0.575. The van der Waals surface area contributed by atoms with E-state index in [0.29, 0.717) is 12.8 Å². The standard InChI is InChI=1S/C9H13FO3/c10-6-7(11)9(13-8(6)12)4-2-1-3-5-9/h6-7,11H,1-5H2/t6-,7-/m1/s1. The van der Waals surface area contributed by atoms with Crippen LogP contribution in [0.5, 0.6) is 0 Å². The van der Waals surface area contributed by atoms with Gasteiger partial charge >= 0.3 is 5.97 Å². The van der Waals surface area contributed by atoms with Crippen LogP contribution in [0, 0.1) is 0 Å². The Kier molecular flexibility index (Phi) is 2.02. The van der Waals surface area contributed by atoms with Gasteiger partial charge in [-0.3, -0.25) is 0 Å². The molecule has 4 heteroatoms. The van der Waals surface area contributed by atoms with E-state index in [1.54, 1.807) is 0 Å². The van der Waals surface area contributed by atoms with Crippen LogP contribution in [0.4, 0.5) is 4.39 Å². The van der Waals surface area contributed by atoms with Crippen molar-refractivity contribution in [2.45, 2.75) is 50.0 Å². The topological polar surface area (TPSA) is 46.5 Å². The second-order valence-electron chi connectivity index (χ2n) is 3.89. The summed E-state index contributed by atoms with van der Waals surface area (Å²) >= 11 is 0. The number of halogens is 1. The summed E-state index contributed by atoms with van der Waals surface area (Å²) in [5.74, 6) is -0.894. The van der Waals surface area contributed by atoms with E-state index in [-0.39, 0.29) is 0 Å². The molecule has 0 amide bonds. The molecule has 2 fully saturated rings. The predicted molar refractivity (Wildman–Crippen MR) is 42.8 cm³/mol. The van der Waals surface area contributed by atoms with Crippen LogP contribution in [0.25, 0.3) is 0 Å². The maximum absolute atomic E-state index is 13.0. The first-order valence-corrected chi connectivity index (χ1v) is 4.71. The van der Waals surface area contributed by atoms with E-state index in [1.807, 2.05) is 0 Å². The first kappa shape index (κ1) is 8.94. The summed E-state index contributed by atoms with van der Waals surface area (Å²) in [6.07, 6.45) is 0.982. The van der Waals surface area contributed by atoms with E-state index < -0.39 is 23.8 Å². The highest BCUT2D eigenvalue weighted by molar-refractivity contribution is 5.78. The zero-order valence-electron chi connectivity index (χ0n) is 7.33. The Labute approximate surface area is 75.9 Å². The fourth-order valence-corrected chi connectivity index (χ4v) is 2.26. The molecule has 1 spiro atoms. The minimum Gasteiger partial charge on any atom is -0.454 e. The molecule has 1 heterocycles. The molecule has 1 saturated heterocycles. The summed E-state index contributed by atoms with van der Waals surface area (Å²) in [6, 6.07) is 0. The number of esters is 1. The fourth-order valence-electron chi connectivity index (χ4n) is 2.26. The second kappa shape index (κ2) is 2.94. The first-order valence-electron chi connectivity index (χ1n) is 4.71. The molecule has 2 atom stereocenters. The minimum atomic E-state index is -1.84. The van der Waals surface area contributed by atoms with Gasteiger partial charge < -0.3 is 9.84 Å². The number of hydrogen-bond donors (Lipinski definition) is 1. The van der Waals surface area contributed by atoms with E-state index in [0.717, 1.165) is 19.3 Å². The number of rotatable bonds is 0. The van der Waals surface area contributed by atoms with E-state index in [2.05, 4.69) is 0 Å². The van der Waals surface area contributed by atoms with Crippen molar-refractivity contribution >= 4 is 5.97 Å². The Hall–Kier alpha value is -0.640. The average Bonchev–Trinajstić information content (AvgIpc) is 2.33. The lowest BCUT2D eigenvalue weighted by molar-refractivity contribution is -0.155. The van der Waals surface area contributed by atoms with Gasteiger partial charge in [0.1, 0.15) is 11.7 Å². The van der Waals surface area contributed by atoms with E-state index >= 15 is 0 Å². The Morgan fingerprint density at radius 1 is 1.38 bits per heavy atom. The Balaban J connectivity index is 2.18. The highest BCUT2D eigenvalue weighted by Gasteiger charge is 2.55. The van der Waals surface area contributed by atoms with Crippen LogP contribution in [0.1, 0.15) is 32.1 Å². The molecule has 0 aromatic carbocycles. The van der Waals surface area contributed by atoms with Crippen molar-refractivity contribution in [2.24, 2.45) is 0 Å². The number of carbonyl (C=O) groups excluding carboxylic acids is 1. The molecular weight excluding hydrogens is 175 g/mol. The molecule has 13 heavy (non-hydrogen) atoms. The number of ether oxygens (including phenoxy) is 1. The van der Waals surface area contributed by atoms with Gasteiger partial charge in [-0.05, 0) is 25.7 Å². The van der Waals surface area contributed by atoms with Gasteiger partial charge in [-0.15, -0.1) is 0 Å². The molecule has 3 nitrogen and oxygen atoms in total. The molecule has 1 aliphatic heterocycles. The summed E-state index contributed by atoms with van der Waals surface area (Å²) in [6.45, 7) is 0. The van der Waals surface area contributed by atoms with Gasteiger partial charge in [0.25, 0.3) is 0 Å². The molecule has 74 valence electrons. The molecule has 0 radical (unpaired) electrons. The van der Waals surface area contributed by atoms with Gasteiger partial charge in [-0.1, -0.05) is 6.42 Å². The molecule has 1 N–H and O–H groups in total. The van der Waals surface area contributed by atoms with E-state index in [4.69, 9.17) is 4.74 Å². The van der Waals surface area contributed by atoms with Crippen molar-refractivity contribution in [1.82, 2.24) is 0 Å². The molecular formula is C9H13FO3. The van der Waals surface area contributed by atoms with E-state index in [9.17, 15) is 14.3 Å². The normalized spacial score (nSPS) is 37.8. The van der Waals surface area contributed by atoms with Gasteiger partial charge in [-0.25, -0.2) is 9.18 Å². The van der Waals surface area contributed by atoms with Crippen molar-refractivity contribution in [2.75, 3.05) is 0 Å². The predicted octanol–water partition coefficient (Wildman–Crippen LogP) is 0.945. The maximum Gasteiger partial charge on any atom is 0.344 e. The van der Waals surface area contributed by atoms with Gasteiger partial charge in [0.15, 0.2) is 0 Å². The van der Waals surface area contributed by atoms with Gasteiger partial charge in [0, 0.05) is 0 Å². The minimum absolute atomic E-state index is 0.598. The summed E-state index contributed by atoms with van der Waals surface area (Å²) in [7, 11) is 0.